The highest BCUT2D eigenvalue weighted by atomic mass is 16.4. The molecule has 0 saturated carbocycles. The second-order valence-electron chi connectivity index (χ2n) is 9.21. The van der Waals surface area contributed by atoms with E-state index < -0.39 is 60.4 Å². The van der Waals surface area contributed by atoms with Crippen molar-refractivity contribution in [3.8, 4) is 0 Å². The highest BCUT2D eigenvalue weighted by Crippen LogP contribution is 2.19. The van der Waals surface area contributed by atoms with Crippen LogP contribution in [-0.4, -0.2) is 69.7 Å². The van der Waals surface area contributed by atoms with Crippen LogP contribution in [0.4, 0.5) is 0 Å². The number of aliphatic hydroxyl groups excluding tert-OH is 1. The second kappa shape index (κ2) is 12.3. The zero-order chi connectivity index (χ0) is 26.3. The molecule has 4 unspecified atom stereocenters. The van der Waals surface area contributed by atoms with E-state index in [1.807, 2.05) is 24.3 Å². The Morgan fingerprint density at radius 1 is 0.914 bits per heavy atom. The van der Waals surface area contributed by atoms with Crippen LogP contribution >= 0.6 is 0 Å². The quantitative estimate of drug-likeness (QED) is 0.216. The first kappa shape index (κ1) is 27.8. The summed E-state index contributed by atoms with van der Waals surface area (Å²) >= 11 is 0. The summed E-state index contributed by atoms with van der Waals surface area (Å²) in [7, 11) is 0. The number of rotatable bonds is 12. The molecule has 0 saturated heterocycles. The fraction of sp³-hybridized carbons (Fsp3) is 0.500. The van der Waals surface area contributed by atoms with Crippen molar-refractivity contribution in [2.45, 2.75) is 58.3 Å². The van der Waals surface area contributed by atoms with Crippen molar-refractivity contribution >= 4 is 34.6 Å². The van der Waals surface area contributed by atoms with Crippen LogP contribution in [0, 0.1) is 11.8 Å². The number of carbonyl (C=O) groups excluding carboxylic acids is 3. The molecule has 0 aliphatic rings. The van der Waals surface area contributed by atoms with Gasteiger partial charge in [-0.25, -0.2) is 4.79 Å². The van der Waals surface area contributed by atoms with Crippen LogP contribution < -0.4 is 21.7 Å². The van der Waals surface area contributed by atoms with Crippen LogP contribution in [0.15, 0.2) is 30.5 Å². The van der Waals surface area contributed by atoms with Crippen molar-refractivity contribution in [3.63, 3.8) is 0 Å². The van der Waals surface area contributed by atoms with E-state index in [0.29, 0.717) is 0 Å². The number of aliphatic hydroxyl groups is 1. The summed E-state index contributed by atoms with van der Waals surface area (Å²) in [6.07, 6.45) is 1.83. The number of benzene rings is 1. The Kier molecular flexibility index (Phi) is 9.78. The van der Waals surface area contributed by atoms with E-state index in [1.165, 1.54) is 0 Å². The van der Waals surface area contributed by atoms with Gasteiger partial charge in [-0.2, -0.15) is 0 Å². The van der Waals surface area contributed by atoms with Gasteiger partial charge in [0.25, 0.3) is 0 Å². The van der Waals surface area contributed by atoms with Gasteiger partial charge in [0.15, 0.2) is 0 Å². The highest BCUT2D eigenvalue weighted by molar-refractivity contribution is 5.95. The van der Waals surface area contributed by atoms with Crippen LogP contribution in [0.1, 0.15) is 33.3 Å². The maximum absolute atomic E-state index is 13.2. The summed E-state index contributed by atoms with van der Waals surface area (Å²) < 4.78 is 0. The maximum atomic E-state index is 13.2. The number of carboxylic acids is 1. The van der Waals surface area contributed by atoms with Crippen molar-refractivity contribution in [1.82, 2.24) is 20.9 Å². The summed E-state index contributed by atoms with van der Waals surface area (Å²) in [4.78, 5) is 53.0. The number of para-hydroxylation sites is 1. The lowest BCUT2D eigenvalue weighted by atomic mass is 10.0. The average Bonchev–Trinajstić information content (AvgIpc) is 3.21. The Labute approximate surface area is 203 Å². The minimum atomic E-state index is -1.41. The first-order chi connectivity index (χ1) is 16.5. The van der Waals surface area contributed by atoms with Gasteiger partial charge >= 0.3 is 5.97 Å². The van der Waals surface area contributed by atoms with E-state index in [4.69, 9.17) is 5.73 Å². The Morgan fingerprint density at radius 3 is 2.09 bits per heavy atom. The molecule has 0 bridgehead atoms. The zero-order valence-corrected chi connectivity index (χ0v) is 20.4. The highest BCUT2D eigenvalue weighted by Gasteiger charge is 2.31. The molecule has 0 spiro atoms. The van der Waals surface area contributed by atoms with E-state index in [9.17, 15) is 29.4 Å². The molecule has 0 radical (unpaired) electrons. The molecule has 0 fully saturated rings. The lowest BCUT2D eigenvalue weighted by Gasteiger charge is -2.25. The van der Waals surface area contributed by atoms with Crippen molar-refractivity contribution in [1.29, 1.82) is 0 Å². The number of fused-ring (bicyclic) bond motifs is 1. The predicted molar refractivity (Wildman–Crippen MR) is 130 cm³/mol. The largest absolute Gasteiger partial charge is 0.480 e. The van der Waals surface area contributed by atoms with Gasteiger partial charge in [0, 0.05) is 23.5 Å². The lowest BCUT2D eigenvalue weighted by Crippen LogP contribution is -2.59. The molecule has 35 heavy (non-hydrogen) atoms. The third kappa shape index (κ3) is 7.27. The van der Waals surface area contributed by atoms with Gasteiger partial charge < -0.3 is 36.9 Å². The number of amides is 3. The number of H-pyrrole nitrogens is 1. The molecule has 1 heterocycles. The van der Waals surface area contributed by atoms with Crippen LogP contribution in [0.2, 0.25) is 0 Å². The summed E-state index contributed by atoms with van der Waals surface area (Å²) in [5.74, 6) is -3.92. The minimum Gasteiger partial charge on any atom is -0.480 e. The van der Waals surface area contributed by atoms with Crippen LogP contribution in [0.5, 0.6) is 0 Å². The molecule has 11 nitrogen and oxygen atoms in total. The SMILES string of the molecule is CC(C)C(N)C(=O)NC(Cc1c[nH]c2ccccc12)C(=O)NC(CO)C(=O)NC(C(=O)O)C(C)C. The van der Waals surface area contributed by atoms with Gasteiger partial charge in [0.05, 0.1) is 12.6 Å². The standard InChI is InChI=1S/C24H35N5O6/c1-12(2)19(25)23(33)27-17(9-14-10-26-16-8-6-5-7-15(14)16)21(31)28-18(11-30)22(32)29-20(13(3)4)24(34)35/h5-8,10,12-13,17-20,26,30H,9,11,25H2,1-4H3,(H,27,33)(H,28,31)(H,29,32)(H,34,35). The fourth-order valence-corrected chi connectivity index (χ4v) is 3.53. The number of nitrogens with one attached hydrogen (secondary N) is 4. The molecule has 0 aliphatic carbocycles. The molecule has 8 N–H and O–H groups in total. The van der Waals surface area contributed by atoms with Gasteiger partial charge in [0.2, 0.25) is 17.7 Å². The molecule has 11 heteroatoms. The number of aliphatic carboxylic acids is 1. The number of carboxylic acid groups (broad SMARTS) is 1. The first-order valence-electron chi connectivity index (χ1n) is 11.5. The van der Waals surface area contributed by atoms with E-state index in [1.54, 1.807) is 33.9 Å². The second-order valence-corrected chi connectivity index (χ2v) is 9.21. The summed E-state index contributed by atoms with van der Waals surface area (Å²) in [5, 5.41) is 27.3. The maximum Gasteiger partial charge on any atom is 0.326 e. The Balaban J connectivity index is 2.25. The van der Waals surface area contributed by atoms with Gasteiger partial charge in [0.1, 0.15) is 18.1 Å². The van der Waals surface area contributed by atoms with Crippen LogP contribution in [0.3, 0.4) is 0 Å². The van der Waals surface area contributed by atoms with Crippen molar-refractivity contribution in [2.24, 2.45) is 17.6 Å². The molecule has 1 aromatic carbocycles. The topological polar surface area (TPSA) is 187 Å². The molecule has 192 valence electrons. The molecule has 2 aromatic rings. The van der Waals surface area contributed by atoms with Crippen molar-refractivity contribution in [2.75, 3.05) is 6.61 Å². The summed E-state index contributed by atoms with van der Waals surface area (Å²) in [6, 6.07) is 2.90. The molecule has 1 aromatic heterocycles. The normalized spacial score (nSPS) is 14.9. The Bertz CT molecular complexity index is 1050. The number of aromatic amines is 1. The summed E-state index contributed by atoms with van der Waals surface area (Å²) in [5.41, 5.74) is 7.56. The molecular weight excluding hydrogens is 454 g/mol. The fourth-order valence-electron chi connectivity index (χ4n) is 3.53. The number of aromatic nitrogens is 1. The third-order valence-electron chi connectivity index (χ3n) is 5.80. The van der Waals surface area contributed by atoms with Crippen LogP contribution in [0.25, 0.3) is 10.9 Å². The predicted octanol–water partition coefficient (Wildman–Crippen LogP) is -0.119. The number of hydrogen-bond donors (Lipinski definition) is 7. The molecule has 0 aliphatic heterocycles. The number of carbonyl (C=O) groups is 4. The molecule has 2 rings (SSSR count). The number of nitrogens with two attached hydrogens (primary N) is 1. The molecular formula is C24H35N5O6. The van der Waals surface area contributed by atoms with Gasteiger partial charge in [-0.1, -0.05) is 45.9 Å². The van der Waals surface area contributed by atoms with Crippen molar-refractivity contribution < 1.29 is 29.4 Å². The monoisotopic (exact) mass is 489 g/mol. The lowest BCUT2D eigenvalue weighted by molar-refractivity contribution is -0.143. The van der Waals surface area contributed by atoms with Gasteiger partial charge in [-0.15, -0.1) is 0 Å². The van der Waals surface area contributed by atoms with E-state index in [0.717, 1.165) is 16.5 Å². The minimum absolute atomic E-state index is 0.0932. The van der Waals surface area contributed by atoms with E-state index in [-0.39, 0.29) is 12.3 Å². The molecule has 3 amide bonds. The number of hydrogen-bond acceptors (Lipinski definition) is 6. The summed E-state index contributed by atoms with van der Waals surface area (Å²) in [6.45, 7) is 6.03. The van der Waals surface area contributed by atoms with E-state index in [2.05, 4.69) is 20.9 Å². The Hall–Kier alpha value is -3.44. The van der Waals surface area contributed by atoms with Crippen LogP contribution in [-0.2, 0) is 25.6 Å². The Morgan fingerprint density at radius 2 is 1.51 bits per heavy atom. The third-order valence-corrected chi connectivity index (χ3v) is 5.80. The van der Waals surface area contributed by atoms with E-state index >= 15 is 0 Å². The van der Waals surface area contributed by atoms with Gasteiger partial charge in [-0.05, 0) is 23.5 Å². The molecule has 4 atom stereocenters. The van der Waals surface area contributed by atoms with Gasteiger partial charge in [-0.3, -0.25) is 14.4 Å². The average molecular weight is 490 g/mol. The smallest absolute Gasteiger partial charge is 0.326 e. The van der Waals surface area contributed by atoms with Crippen molar-refractivity contribution in [3.05, 3.63) is 36.0 Å². The zero-order valence-electron chi connectivity index (χ0n) is 20.4. The first-order valence-corrected chi connectivity index (χ1v) is 11.5.